The highest BCUT2D eigenvalue weighted by Crippen LogP contribution is 2.31. The molecule has 1 heterocycles. The van der Waals surface area contributed by atoms with Crippen LogP contribution in [0.4, 0.5) is 10.2 Å². The molecule has 126 valence electrons. The molecule has 0 saturated heterocycles. The Labute approximate surface area is 138 Å². The Balaban J connectivity index is 1.53. The summed E-state index contributed by atoms with van der Waals surface area (Å²) in [6.07, 6.45) is 6.05. The number of hydrogen-bond acceptors (Lipinski definition) is 4. The number of carbonyl (C=O) groups is 2. The van der Waals surface area contributed by atoms with Gasteiger partial charge in [0.25, 0.3) is 5.91 Å². The number of hydrogen-bond donors (Lipinski definition) is 1. The van der Waals surface area contributed by atoms with Crippen molar-refractivity contribution < 1.29 is 18.7 Å². The largest absolute Gasteiger partial charge is 0.452 e. The van der Waals surface area contributed by atoms with E-state index in [1.165, 1.54) is 12.1 Å². The second kappa shape index (κ2) is 7.25. The Morgan fingerprint density at radius 3 is 2.62 bits per heavy atom. The summed E-state index contributed by atoms with van der Waals surface area (Å²) < 4.78 is 19.6. The van der Waals surface area contributed by atoms with Crippen LogP contribution >= 0.6 is 0 Å². The van der Waals surface area contributed by atoms with Crippen molar-refractivity contribution in [3.63, 3.8) is 0 Å². The van der Waals surface area contributed by atoms with Gasteiger partial charge in [0.05, 0.1) is 17.8 Å². The Morgan fingerprint density at radius 1 is 1.21 bits per heavy atom. The predicted octanol–water partition coefficient (Wildman–Crippen LogP) is 2.93. The summed E-state index contributed by atoms with van der Waals surface area (Å²) in [6.45, 7) is -0.411. The molecule has 0 atom stereocenters. The lowest BCUT2D eigenvalue weighted by Crippen LogP contribution is -2.23. The first-order chi connectivity index (χ1) is 11.6. The fourth-order valence-corrected chi connectivity index (χ4v) is 2.83. The SMILES string of the molecule is O=C(COC(=O)c1ccc(F)cc1)Nc1ccnn1C1CCCC1. The molecule has 1 aromatic carbocycles. The third-order valence-electron chi connectivity index (χ3n) is 4.02. The zero-order valence-corrected chi connectivity index (χ0v) is 13.1. The van der Waals surface area contributed by atoms with Gasteiger partial charge >= 0.3 is 5.97 Å². The van der Waals surface area contributed by atoms with Gasteiger partial charge in [0.1, 0.15) is 11.6 Å². The molecule has 1 aliphatic carbocycles. The topological polar surface area (TPSA) is 73.2 Å². The van der Waals surface area contributed by atoms with Crippen molar-refractivity contribution in [1.29, 1.82) is 0 Å². The Morgan fingerprint density at radius 2 is 1.92 bits per heavy atom. The van der Waals surface area contributed by atoms with E-state index in [1.54, 1.807) is 12.3 Å². The molecule has 1 aliphatic rings. The summed E-state index contributed by atoms with van der Waals surface area (Å²) in [5, 5.41) is 6.97. The average molecular weight is 331 g/mol. The molecule has 1 saturated carbocycles. The number of halogens is 1. The van der Waals surface area contributed by atoms with Gasteiger partial charge in [0, 0.05) is 6.07 Å². The molecule has 0 spiro atoms. The van der Waals surface area contributed by atoms with Gasteiger partial charge < -0.3 is 10.1 Å². The van der Waals surface area contributed by atoms with Crippen molar-refractivity contribution in [2.75, 3.05) is 11.9 Å². The summed E-state index contributed by atoms with van der Waals surface area (Å²) in [7, 11) is 0. The van der Waals surface area contributed by atoms with Crippen molar-refractivity contribution >= 4 is 17.7 Å². The van der Waals surface area contributed by atoms with Crippen LogP contribution in [0.25, 0.3) is 0 Å². The van der Waals surface area contributed by atoms with Gasteiger partial charge in [-0.15, -0.1) is 0 Å². The molecule has 0 aliphatic heterocycles. The summed E-state index contributed by atoms with van der Waals surface area (Å²) in [5.41, 5.74) is 0.195. The molecule has 24 heavy (non-hydrogen) atoms. The quantitative estimate of drug-likeness (QED) is 0.855. The number of amides is 1. The van der Waals surface area contributed by atoms with E-state index in [9.17, 15) is 14.0 Å². The lowest BCUT2D eigenvalue weighted by Gasteiger charge is -2.14. The van der Waals surface area contributed by atoms with Gasteiger partial charge in [-0.1, -0.05) is 12.8 Å². The molecular formula is C17H18FN3O3. The van der Waals surface area contributed by atoms with E-state index in [-0.39, 0.29) is 5.56 Å². The second-order valence-corrected chi connectivity index (χ2v) is 5.73. The highest BCUT2D eigenvalue weighted by molar-refractivity contribution is 5.95. The summed E-state index contributed by atoms with van der Waals surface area (Å²) in [5.74, 6) is -0.950. The molecule has 0 radical (unpaired) electrons. The molecule has 1 amide bonds. The first-order valence-electron chi connectivity index (χ1n) is 7.89. The molecule has 0 bridgehead atoms. The predicted molar refractivity (Wildman–Crippen MR) is 85.0 cm³/mol. The minimum absolute atomic E-state index is 0.195. The number of aromatic nitrogens is 2. The highest BCUT2D eigenvalue weighted by atomic mass is 19.1. The summed E-state index contributed by atoms with van der Waals surface area (Å²) in [6, 6.07) is 6.97. The van der Waals surface area contributed by atoms with Crippen molar-refractivity contribution in [2.45, 2.75) is 31.7 Å². The van der Waals surface area contributed by atoms with Crippen molar-refractivity contribution in [1.82, 2.24) is 9.78 Å². The molecular weight excluding hydrogens is 313 g/mol. The first-order valence-corrected chi connectivity index (χ1v) is 7.89. The average Bonchev–Trinajstić information content (AvgIpc) is 3.24. The van der Waals surface area contributed by atoms with Crippen LogP contribution in [0.2, 0.25) is 0 Å². The van der Waals surface area contributed by atoms with Gasteiger partial charge in [0.15, 0.2) is 6.61 Å². The van der Waals surface area contributed by atoms with E-state index < -0.39 is 24.3 Å². The number of nitrogens with zero attached hydrogens (tertiary/aromatic N) is 2. The third kappa shape index (κ3) is 3.79. The van der Waals surface area contributed by atoms with Crippen LogP contribution in [0.3, 0.4) is 0 Å². The number of esters is 1. The summed E-state index contributed by atoms with van der Waals surface area (Å²) in [4.78, 5) is 23.8. The van der Waals surface area contributed by atoms with E-state index in [2.05, 4.69) is 10.4 Å². The molecule has 0 unspecified atom stereocenters. The van der Waals surface area contributed by atoms with E-state index in [0.717, 1.165) is 37.8 Å². The van der Waals surface area contributed by atoms with Crippen LogP contribution < -0.4 is 5.32 Å². The maximum absolute atomic E-state index is 12.8. The zero-order chi connectivity index (χ0) is 16.9. The van der Waals surface area contributed by atoms with Gasteiger partial charge in [-0.05, 0) is 37.1 Å². The van der Waals surface area contributed by atoms with Gasteiger partial charge in [-0.2, -0.15) is 5.10 Å². The maximum atomic E-state index is 12.8. The fourth-order valence-electron chi connectivity index (χ4n) is 2.83. The molecule has 7 heteroatoms. The number of anilines is 1. The lowest BCUT2D eigenvalue weighted by atomic mass is 10.2. The second-order valence-electron chi connectivity index (χ2n) is 5.73. The van der Waals surface area contributed by atoms with Crippen LogP contribution in [-0.4, -0.2) is 28.3 Å². The van der Waals surface area contributed by atoms with Crippen LogP contribution in [0.1, 0.15) is 42.1 Å². The zero-order valence-electron chi connectivity index (χ0n) is 13.1. The van der Waals surface area contributed by atoms with Gasteiger partial charge in [0.2, 0.25) is 0 Å². The van der Waals surface area contributed by atoms with Crippen LogP contribution in [0, 0.1) is 5.82 Å². The van der Waals surface area contributed by atoms with Gasteiger partial charge in [-0.3, -0.25) is 4.79 Å². The highest BCUT2D eigenvalue weighted by Gasteiger charge is 2.20. The fraction of sp³-hybridized carbons (Fsp3) is 0.353. The Kier molecular flexibility index (Phi) is 4.88. The van der Waals surface area contributed by atoms with E-state index >= 15 is 0 Å². The van der Waals surface area contributed by atoms with Gasteiger partial charge in [-0.25, -0.2) is 13.9 Å². The third-order valence-corrected chi connectivity index (χ3v) is 4.02. The molecule has 3 rings (SSSR count). The standard InChI is InChI=1S/C17H18FN3O3/c18-13-7-5-12(6-8-13)17(23)24-11-16(22)20-15-9-10-19-21(15)14-3-1-2-4-14/h5-10,14H,1-4,11H2,(H,20,22). The van der Waals surface area contributed by atoms with Crippen molar-refractivity contribution in [2.24, 2.45) is 0 Å². The number of nitrogens with one attached hydrogen (secondary N) is 1. The van der Waals surface area contributed by atoms with Crippen molar-refractivity contribution in [3.05, 3.63) is 47.9 Å². The summed E-state index contributed by atoms with van der Waals surface area (Å²) >= 11 is 0. The maximum Gasteiger partial charge on any atom is 0.338 e. The molecule has 1 N–H and O–H groups in total. The number of rotatable bonds is 5. The Hall–Kier alpha value is -2.70. The number of benzene rings is 1. The molecule has 1 aromatic heterocycles. The van der Waals surface area contributed by atoms with E-state index in [4.69, 9.17) is 4.74 Å². The van der Waals surface area contributed by atoms with Crippen molar-refractivity contribution in [3.8, 4) is 0 Å². The van der Waals surface area contributed by atoms with Crippen LogP contribution in [0.15, 0.2) is 36.5 Å². The first kappa shape index (κ1) is 16.2. The normalized spacial score (nSPS) is 14.5. The Bertz CT molecular complexity index is 721. The molecule has 1 fully saturated rings. The minimum atomic E-state index is -0.672. The smallest absolute Gasteiger partial charge is 0.338 e. The van der Waals surface area contributed by atoms with E-state index in [0.29, 0.717) is 11.9 Å². The minimum Gasteiger partial charge on any atom is -0.452 e. The van der Waals surface area contributed by atoms with Crippen LogP contribution in [0.5, 0.6) is 0 Å². The monoisotopic (exact) mass is 331 g/mol. The molecule has 6 nitrogen and oxygen atoms in total. The lowest BCUT2D eigenvalue weighted by molar-refractivity contribution is -0.119. The van der Waals surface area contributed by atoms with Crippen LogP contribution in [-0.2, 0) is 9.53 Å². The number of ether oxygens (including phenoxy) is 1. The van der Waals surface area contributed by atoms with E-state index in [1.807, 2.05) is 4.68 Å². The number of carbonyl (C=O) groups excluding carboxylic acids is 2. The molecule has 2 aromatic rings.